The Morgan fingerprint density at radius 2 is 1.52 bits per heavy atom. The van der Waals surface area contributed by atoms with Crippen LogP contribution in [-0.2, 0) is 5.41 Å². The van der Waals surface area contributed by atoms with E-state index in [1.165, 1.54) is 38.5 Å². The minimum atomic E-state index is -0.474. The third kappa shape index (κ3) is 3.15. The highest BCUT2D eigenvalue weighted by Crippen LogP contribution is 2.55. The molecule has 0 saturated heterocycles. The molecule has 2 aliphatic carbocycles. The average molecular weight is 605 g/mol. The van der Waals surface area contributed by atoms with Crippen LogP contribution in [0.3, 0.4) is 0 Å². The normalized spacial score (nSPS) is 19.5. The summed E-state index contributed by atoms with van der Waals surface area (Å²) in [6, 6.07) is 35.1. The molecule has 9 rings (SSSR count). The first-order valence-electron chi connectivity index (χ1n) is 14.5. The summed E-state index contributed by atoms with van der Waals surface area (Å²) in [6.45, 7) is 0. The molecule has 3 heteroatoms. The van der Waals surface area contributed by atoms with E-state index in [9.17, 15) is 0 Å². The second-order valence-corrected chi connectivity index (χ2v) is 12.3. The van der Waals surface area contributed by atoms with Crippen molar-refractivity contribution in [2.45, 2.75) is 11.8 Å². The van der Waals surface area contributed by atoms with Crippen molar-refractivity contribution in [2.24, 2.45) is 5.92 Å². The predicted octanol–water partition coefficient (Wildman–Crippen LogP) is 10.9. The number of H-pyrrole nitrogens is 1. The number of aromatic amines is 1. The zero-order valence-corrected chi connectivity index (χ0v) is 24.4. The Kier molecular flexibility index (Phi) is 5.12. The van der Waals surface area contributed by atoms with Gasteiger partial charge in [-0.05, 0) is 47.2 Å². The van der Waals surface area contributed by atoms with Gasteiger partial charge in [-0.1, -0.05) is 131 Å². The topological polar surface area (TPSA) is 28.9 Å². The second-order valence-electron chi connectivity index (χ2n) is 11.4. The average Bonchev–Trinajstić information content (AvgIpc) is 3.58. The summed E-state index contributed by atoms with van der Waals surface area (Å²) in [7, 11) is 0. The third-order valence-electron chi connectivity index (χ3n) is 9.39. The Morgan fingerprint density at radius 3 is 2.38 bits per heavy atom. The van der Waals surface area contributed by atoms with Crippen molar-refractivity contribution in [1.82, 2.24) is 4.98 Å². The number of aromatic nitrogens is 1. The van der Waals surface area contributed by atoms with Gasteiger partial charge in [-0.25, -0.2) is 0 Å². The van der Waals surface area contributed by atoms with E-state index in [0.717, 1.165) is 43.9 Å². The van der Waals surface area contributed by atoms with Crippen LogP contribution in [0.2, 0.25) is 0 Å². The molecule has 2 atom stereocenters. The van der Waals surface area contributed by atoms with Crippen LogP contribution >= 0.6 is 15.9 Å². The standard InChI is InChI=1S/C39H26BrNO/c40-33-23-32-29(38-36(33)30-16-8-10-18-35(30)42-38)20-19-28-31(22-21-27-26-15-7-9-17-34(26)41-37(27)28)39(32,24-11-3-1-4-12-24)25-13-5-2-6-14-25/h1-13,15-23,25,41H,14H2. The van der Waals surface area contributed by atoms with E-state index in [2.05, 4.69) is 148 Å². The molecule has 200 valence electrons. The molecule has 2 heterocycles. The zero-order valence-electron chi connectivity index (χ0n) is 22.8. The van der Waals surface area contributed by atoms with Crippen molar-refractivity contribution in [3.63, 3.8) is 0 Å². The van der Waals surface area contributed by atoms with Gasteiger partial charge in [0.05, 0.1) is 10.9 Å². The quantitative estimate of drug-likeness (QED) is 0.209. The van der Waals surface area contributed by atoms with Crippen LogP contribution in [0.4, 0.5) is 0 Å². The third-order valence-corrected chi connectivity index (χ3v) is 10.0. The van der Waals surface area contributed by atoms with Gasteiger partial charge in [0.25, 0.3) is 0 Å². The van der Waals surface area contributed by atoms with Crippen molar-refractivity contribution in [2.75, 3.05) is 0 Å². The molecule has 2 nitrogen and oxygen atoms in total. The molecule has 2 aliphatic rings. The molecule has 0 saturated carbocycles. The number of halogens is 1. The first kappa shape index (κ1) is 24.0. The SMILES string of the molecule is Brc1cc2c(c3oc4ccccc4c13)C=Cc1c(ccc3c1[nH]c1ccccc13)C2(c1ccccc1)C1C=CC=CC1. The molecule has 2 aromatic heterocycles. The molecule has 0 amide bonds. The van der Waals surface area contributed by atoms with Crippen LogP contribution in [-0.4, -0.2) is 4.98 Å². The number of benzene rings is 5. The predicted molar refractivity (Wildman–Crippen MR) is 179 cm³/mol. The van der Waals surface area contributed by atoms with Crippen molar-refractivity contribution in [1.29, 1.82) is 0 Å². The van der Waals surface area contributed by atoms with E-state index >= 15 is 0 Å². The molecular formula is C39H26BrNO. The summed E-state index contributed by atoms with van der Waals surface area (Å²) in [4.78, 5) is 3.81. The van der Waals surface area contributed by atoms with E-state index < -0.39 is 5.41 Å². The molecular weight excluding hydrogens is 578 g/mol. The molecule has 5 aromatic carbocycles. The lowest BCUT2D eigenvalue weighted by Gasteiger charge is -2.43. The van der Waals surface area contributed by atoms with E-state index in [4.69, 9.17) is 4.42 Å². The Morgan fingerprint density at radius 1 is 0.738 bits per heavy atom. The highest BCUT2D eigenvalue weighted by molar-refractivity contribution is 9.10. The summed E-state index contributed by atoms with van der Waals surface area (Å²) >= 11 is 4.03. The Hall–Kier alpha value is -4.60. The van der Waals surface area contributed by atoms with E-state index in [1.807, 2.05) is 6.07 Å². The Labute approximate surface area is 251 Å². The van der Waals surface area contributed by atoms with Crippen LogP contribution < -0.4 is 0 Å². The van der Waals surface area contributed by atoms with Gasteiger partial charge in [0.15, 0.2) is 0 Å². The molecule has 0 aliphatic heterocycles. The summed E-state index contributed by atoms with van der Waals surface area (Å²) in [5.41, 5.74) is 9.88. The van der Waals surface area contributed by atoms with Gasteiger partial charge in [-0.2, -0.15) is 0 Å². The Bertz CT molecular complexity index is 2300. The number of furan rings is 1. The maximum atomic E-state index is 6.72. The minimum Gasteiger partial charge on any atom is -0.455 e. The molecule has 42 heavy (non-hydrogen) atoms. The van der Waals surface area contributed by atoms with E-state index in [1.54, 1.807) is 0 Å². The number of para-hydroxylation sites is 2. The lowest BCUT2D eigenvalue weighted by molar-refractivity contribution is 0.447. The second kappa shape index (κ2) is 8.95. The highest BCUT2D eigenvalue weighted by atomic mass is 79.9. The van der Waals surface area contributed by atoms with Gasteiger partial charge in [0.2, 0.25) is 0 Å². The molecule has 0 fully saturated rings. The van der Waals surface area contributed by atoms with Gasteiger partial charge in [-0.3, -0.25) is 0 Å². The fourth-order valence-electron chi connectivity index (χ4n) is 7.66. The van der Waals surface area contributed by atoms with Gasteiger partial charge >= 0.3 is 0 Å². The van der Waals surface area contributed by atoms with Crippen LogP contribution in [0.1, 0.15) is 34.2 Å². The van der Waals surface area contributed by atoms with Crippen molar-refractivity contribution in [3.8, 4) is 0 Å². The number of hydrogen-bond donors (Lipinski definition) is 1. The van der Waals surface area contributed by atoms with Crippen molar-refractivity contribution < 1.29 is 4.42 Å². The minimum absolute atomic E-state index is 0.192. The molecule has 0 spiro atoms. The fraction of sp³-hybridized carbons (Fsp3) is 0.0769. The Balaban J connectivity index is 1.50. The summed E-state index contributed by atoms with van der Waals surface area (Å²) < 4.78 is 7.77. The molecule has 0 radical (unpaired) electrons. The van der Waals surface area contributed by atoms with Gasteiger partial charge < -0.3 is 9.40 Å². The summed E-state index contributed by atoms with van der Waals surface area (Å²) in [6.07, 6.45) is 14.6. The van der Waals surface area contributed by atoms with Crippen molar-refractivity contribution >= 4 is 71.8 Å². The highest BCUT2D eigenvalue weighted by Gasteiger charge is 2.47. The van der Waals surface area contributed by atoms with Crippen LogP contribution in [0.5, 0.6) is 0 Å². The van der Waals surface area contributed by atoms with Gasteiger partial charge in [-0.15, -0.1) is 0 Å². The molecule has 0 bridgehead atoms. The number of allylic oxidation sites excluding steroid dienone is 4. The maximum Gasteiger partial charge on any atom is 0.144 e. The lowest BCUT2D eigenvalue weighted by Crippen LogP contribution is -2.38. The zero-order chi connectivity index (χ0) is 27.8. The fourth-order valence-corrected chi connectivity index (χ4v) is 8.28. The monoisotopic (exact) mass is 603 g/mol. The van der Waals surface area contributed by atoms with Crippen molar-refractivity contribution in [3.05, 3.63) is 154 Å². The number of hydrogen-bond acceptors (Lipinski definition) is 1. The van der Waals surface area contributed by atoms with Crippen LogP contribution in [0.15, 0.2) is 130 Å². The molecule has 1 N–H and O–H groups in total. The van der Waals surface area contributed by atoms with E-state index in [-0.39, 0.29) is 5.92 Å². The maximum absolute atomic E-state index is 6.72. The summed E-state index contributed by atoms with van der Waals surface area (Å²) in [5, 5.41) is 4.74. The number of rotatable bonds is 2. The van der Waals surface area contributed by atoms with Gasteiger partial charge in [0, 0.05) is 42.7 Å². The number of nitrogens with one attached hydrogen (secondary N) is 1. The number of fused-ring (bicyclic) bond motifs is 10. The molecule has 7 aromatic rings. The first-order valence-corrected chi connectivity index (χ1v) is 15.3. The van der Waals surface area contributed by atoms with Crippen LogP contribution in [0, 0.1) is 5.92 Å². The van der Waals surface area contributed by atoms with E-state index in [0.29, 0.717) is 0 Å². The van der Waals surface area contributed by atoms with Gasteiger partial charge in [0.1, 0.15) is 11.2 Å². The summed E-state index contributed by atoms with van der Waals surface area (Å²) in [5.74, 6) is 0.192. The first-order chi connectivity index (χ1) is 20.7. The lowest BCUT2D eigenvalue weighted by atomic mass is 9.59. The molecule has 2 unspecified atom stereocenters. The smallest absolute Gasteiger partial charge is 0.144 e. The largest absolute Gasteiger partial charge is 0.455 e. The van der Waals surface area contributed by atoms with Crippen LogP contribution in [0.25, 0.3) is 55.9 Å².